The molecular formula is C30H46N6O4. The van der Waals surface area contributed by atoms with Gasteiger partial charge >= 0.3 is 6.03 Å². The molecule has 1 heterocycles. The Hall–Kier alpha value is -3.61. The number of carbonyl (C=O) groups is 4. The first-order valence-corrected chi connectivity index (χ1v) is 14.2. The molecule has 1 aromatic carbocycles. The number of carbonyl (C=O) groups excluding carboxylic acids is 4. The standard InChI is InChI=1S/C18H27N5O3.C7H7NO.C5H12/c1-11-6-14(8-19)23(10-11)16(24)9-20-17(25)15(7-12-2-3-12)22-18(26)21-13-4-5-13;9-6-8-7-4-2-1-3-5-7;1-5(2,3)4/h11-15H,2-7,9-10H2,1H3,(H,20,25)(H2,21,22,26);1-6H,(H,8,9);1-4H3. The number of hydrogen-bond acceptors (Lipinski definition) is 5. The molecule has 3 unspecified atom stereocenters. The molecule has 220 valence electrons. The fourth-order valence-corrected chi connectivity index (χ4v) is 3.97. The molecule has 4 N–H and O–H groups in total. The average molecular weight is 555 g/mol. The number of amides is 5. The molecule has 0 bridgehead atoms. The quantitative estimate of drug-likeness (QED) is 0.343. The summed E-state index contributed by atoms with van der Waals surface area (Å²) in [5, 5.41) is 19.9. The lowest BCUT2D eigenvalue weighted by Gasteiger charge is -2.22. The highest BCUT2D eigenvalue weighted by Crippen LogP contribution is 2.33. The van der Waals surface area contributed by atoms with Crippen LogP contribution in [0.25, 0.3) is 0 Å². The Balaban J connectivity index is 0.000000329. The molecule has 40 heavy (non-hydrogen) atoms. The zero-order valence-corrected chi connectivity index (χ0v) is 24.5. The van der Waals surface area contributed by atoms with Gasteiger partial charge < -0.3 is 26.2 Å². The van der Waals surface area contributed by atoms with Crippen LogP contribution in [0.5, 0.6) is 0 Å². The van der Waals surface area contributed by atoms with Gasteiger partial charge in [0.05, 0.1) is 12.6 Å². The number of hydrogen-bond donors (Lipinski definition) is 4. The molecule has 2 saturated carbocycles. The van der Waals surface area contributed by atoms with Crippen molar-refractivity contribution >= 4 is 29.9 Å². The number of anilines is 1. The highest BCUT2D eigenvalue weighted by atomic mass is 16.2. The fraction of sp³-hybridized carbons (Fsp3) is 0.633. The molecule has 3 fully saturated rings. The van der Waals surface area contributed by atoms with Crippen LogP contribution in [0.4, 0.5) is 10.5 Å². The summed E-state index contributed by atoms with van der Waals surface area (Å²) in [7, 11) is 0. The maximum Gasteiger partial charge on any atom is 0.315 e. The van der Waals surface area contributed by atoms with Gasteiger partial charge in [0.25, 0.3) is 0 Å². The monoisotopic (exact) mass is 554 g/mol. The van der Waals surface area contributed by atoms with Gasteiger partial charge in [-0.1, -0.05) is 65.7 Å². The molecule has 4 rings (SSSR count). The minimum atomic E-state index is -0.627. The van der Waals surface area contributed by atoms with Gasteiger partial charge in [-0.15, -0.1) is 0 Å². The highest BCUT2D eigenvalue weighted by Gasteiger charge is 2.35. The zero-order chi connectivity index (χ0) is 29.7. The van der Waals surface area contributed by atoms with E-state index in [0.29, 0.717) is 37.1 Å². The third-order valence-corrected chi connectivity index (χ3v) is 6.19. The normalized spacial score (nSPS) is 20.2. The van der Waals surface area contributed by atoms with Crippen LogP contribution in [-0.4, -0.2) is 60.4 Å². The van der Waals surface area contributed by atoms with E-state index in [1.807, 2.05) is 37.3 Å². The molecule has 3 aliphatic rings. The van der Waals surface area contributed by atoms with E-state index in [-0.39, 0.29) is 36.3 Å². The van der Waals surface area contributed by atoms with Gasteiger partial charge in [-0.2, -0.15) is 5.26 Å². The van der Waals surface area contributed by atoms with E-state index in [9.17, 15) is 19.2 Å². The van der Waals surface area contributed by atoms with Gasteiger partial charge in [0.15, 0.2) is 0 Å². The lowest BCUT2D eigenvalue weighted by Crippen LogP contribution is -2.52. The molecule has 5 amide bonds. The topological polar surface area (TPSA) is 143 Å². The van der Waals surface area contributed by atoms with Crippen LogP contribution >= 0.6 is 0 Å². The second kappa shape index (κ2) is 15.8. The van der Waals surface area contributed by atoms with Gasteiger partial charge in [0.1, 0.15) is 12.1 Å². The van der Waals surface area contributed by atoms with Crippen molar-refractivity contribution in [1.29, 1.82) is 5.26 Å². The van der Waals surface area contributed by atoms with Crippen molar-refractivity contribution in [3.8, 4) is 6.07 Å². The molecule has 10 nitrogen and oxygen atoms in total. The lowest BCUT2D eigenvalue weighted by atomic mass is 10.0. The number of para-hydroxylation sites is 1. The molecule has 0 radical (unpaired) electrons. The molecule has 0 aromatic heterocycles. The Morgan fingerprint density at radius 3 is 2.25 bits per heavy atom. The van der Waals surface area contributed by atoms with Crippen LogP contribution < -0.4 is 21.3 Å². The lowest BCUT2D eigenvalue weighted by molar-refractivity contribution is -0.133. The van der Waals surface area contributed by atoms with Crippen LogP contribution in [0.3, 0.4) is 0 Å². The van der Waals surface area contributed by atoms with Gasteiger partial charge in [0, 0.05) is 18.3 Å². The van der Waals surface area contributed by atoms with Crippen LogP contribution in [-0.2, 0) is 14.4 Å². The van der Waals surface area contributed by atoms with Gasteiger partial charge in [-0.25, -0.2) is 4.79 Å². The Morgan fingerprint density at radius 1 is 1.10 bits per heavy atom. The molecular weight excluding hydrogens is 508 g/mol. The summed E-state index contributed by atoms with van der Waals surface area (Å²) in [6.07, 6.45) is 6.04. The number of nitrogens with one attached hydrogen (secondary N) is 4. The van der Waals surface area contributed by atoms with Gasteiger partial charge in [-0.05, 0) is 55.1 Å². The first-order valence-electron chi connectivity index (χ1n) is 14.2. The first-order chi connectivity index (χ1) is 18.9. The molecule has 1 aromatic rings. The van der Waals surface area contributed by atoms with Crippen molar-refractivity contribution in [2.75, 3.05) is 18.4 Å². The number of likely N-dealkylation sites (tertiary alicyclic amines) is 1. The molecule has 10 heteroatoms. The van der Waals surface area contributed by atoms with E-state index in [1.165, 1.54) is 4.90 Å². The van der Waals surface area contributed by atoms with E-state index in [0.717, 1.165) is 31.4 Å². The number of urea groups is 1. The van der Waals surface area contributed by atoms with Crippen LogP contribution in [0.1, 0.15) is 73.1 Å². The fourth-order valence-electron chi connectivity index (χ4n) is 3.97. The van der Waals surface area contributed by atoms with E-state index in [1.54, 1.807) is 0 Å². The molecule has 3 atom stereocenters. The molecule has 1 saturated heterocycles. The summed E-state index contributed by atoms with van der Waals surface area (Å²) < 4.78 is 0. The summed E-state index contributed by atoms with van der Waals surface area (Å²) in [6.45, 7) is 11.2. The third kappa shape index (κ3) is 14.0. The second-order valence-corrected chi connectivity index (χ2v) is 12.5. The Labute approximate surface area is 238 Å². The van der Waals surface area contributed by atoms with Crippen molar-refractivity contribution in [1.82, 2.24) is 20.9 Å². The Morgan fingerprint density at radius 2 is 1.73 bits per heavy atom. The number of benzene rings is 1. The molecule has 1 aliphatic heterocycles. The van der Waals surface area contributed by atoms with Crippen LogP contribution in [0, 0.1) is 28.6 Å². The summed E-state index contributed by atoms with van der Waals surface area (Å²) in [6, 6.07) is 10.3. The summed E-state index contributed by atoms with van der Waals surface area (Å²) in [5.41, 5.74) is 1.33. The average Bonchev–Trinajstić information content (AvgIpc) is 3.82. The Bertz CT molecular complexity index is 1010. The summed E-state index contributed by atoms with van der Waals surface area (Å²) in [4.78, 5) is 48.2. The van der Waals surface area contributed by atoms with E-state index < -0.39 is 12.1 Å². The predicted molar refractivity (Wildman–Crippen MR) is 155 cm³/mol. The minimum absolute atomic E-state index is 0.142. The SMILES string of the molecule is CC(C)(C)C.CC1CC(C#N)N(C(=O)CNC(=O)C(CC2CC2)NC(=O)NC2CC2)C1.O=CNc1ccccc1. The van der Waals surface area contributed by atoms with Crippen molar-refractivity contribution in [3.05, 3.63) is 30.3 Å². The zero-order valence-electron chi connectivity index (χ0n) is 24.5. The van der Waals surface area contributed by atoms with Crippen LogP contribution in [0.15, 0.2) is 30.3 Å². The van der Waals surface area contributed by atoms with E-state index >= 15 is 0 Å². The van der Waals surface area contributed by atoms with Crippen molar-refractivity contribution in [2.45, 2.75) is 91.3 Å². The minimum Gasteiger partial charge on any atom is -0.345 e. The van der Waals surface area contributed by atoms with Crippen molar-refractivity contribution in [2.24, 2.45) is 17.3 Å². The molecule has 2 aliphatic carbocycles. The summed E-state index contributed by atoms with van der Waals surface area (Å²) in [5.74, 6) is 0.165. The predicted octanol–water partition coefficient (Wildman–Crippen LogP) is 3.80. The smallest absolute Gasteiger partial charge is 0.315 e. The number of rotatable bonds is 9. The van der Waals surface area contributed by atoms with Crippen LogP contribution in [0.2, 0.25) is 0 Å². The van der Waals surface area contributed by atoms with Gasteiger partial charge in [-0.3, -0.25) is 14.4 Å². The van der Waals surface area contributed by atoms with Gasteiger partial charge in [0.2, 0.25) is 18.2 Å². The largest absolute Gasteiger partial charge is 0.345 e. The second-order valence-electron chi connectivity index (χ2n) is 12.5. The highest BCUT2D eigenvalue weighted by molar-refractivity contribution is 5.90. The molecule has 0 spiro atoms. The summed E-state index contributed by atoms with van der Waals surface area (Å²) >= 11 is 0. The maximum absolute atomic E-state index is 12.5. The number of nitriles is 1. The Kier molecular flexibility index (Phi) is 12.9. The van der Waals surface area contributed by atoms with Crippen molar-refractivity contribution < 1.29 is 19.2 Å². The number of nitrogens with zero attached hydrogens (tertiary/aromatic N) is 2. The van der Waals surface area contributed by atoms with Crippen molar-refractivity contribution in [3.63, 3.8) is 0 Å². The first kappa shape index (κ1) is 32.6. The van der Waals surface area contributed by atoms with E-state index in [4.69, 9.17) is 5.26 Å². The third-order valence-electron chi connectivity index (χ3n) is 6.19. The van der Waals surface area contributed by atoms with E-state index in [2.05, 4.69) is 55.0 Å². The maximum atomic E-state index is 12.5.